The highest BCUT2D eigenvalue weighted by Crippen LogP contribution is 2.37. The first-order valence-corrected chi connectivity index (χ1v) is 8.63. The third kappa shape index (κ3) is 4.10. The summed E-state index contributed by atoms with van der Waals surface area (Å²) >= 11 is 6.31. The monoisotopic (exact) mass is 358 g/mol. The van der Waals surface area contributed by atoms with Gasteiger partial charge in [-0.15, -0.1) is 0 Å². The third-order valence-corrected chi connectivity index (χ3v) is 4.89. The van der Waals surface area contributed by atoms with E-state index in [0.717, 1.165) is 28.1 Å². The van der Waals surface area contributed by atoms with Gasteiger partial charge in [-0.1, -0.05) is 68.0 Å². The standard InChI is InChI=1S/C21H24ClFN2/c1-6-16(23)11-9-10-14(2)21(4,5)20-15(3)19(24-25-20)17-12-7-8-13-18(17)22/h6-9,11-13H,2,10H2,1,3-5H3,(H,24,25)/b11-9?,16-6+. The van der Waals surface area contributed by atoms with Crippen LogP contribution in [-0.2, 0) is 5.41 Å². The van der Waals surface area contributed by atoms with Crippen molar-refractivity contribution >= 4 is 11.6 Å². The zero-order chi connectivity index (χ0) is 18.6. The highest BCUT2D eigenvalue weighted by molar-refractivity contribution is 6.33. The van der Waals surface area contributed by atoms with Crippen LogP contribution in [0, 0.1) is 6.92 Å². The van der Waals surface area contributed by atoms with E-state index in [9.17, 15) is 4.39 Å². The fourth-order valence-electron chi connectivity index (χ4n) is 2.76. The number of halogens is 2. The Bertz CT molecular complexity index is 828. The van der Waals surface area contributed by atoms with Gasteiger partial charge in [0.15, 0.2) is 0 Å². The highest BCUT2D eigenvalue weighted by Gasteiger charge is 2.29. The average Bonchev–Trinajstić information content (AvgIpc) is 2.97. The minimum absolute atomic E-state index is 0.246. The largest absolute Gasteiger partial charge is 0.281 e. The van der Waals surface area contributed by atoms with Gasteiger partial charge in [0.1, 0.15) is 5.83 Å². The molecule has 2 nitrogen and oxygen atoms in total. The van der Waals surface area contributed by atoms with Gasteiger partial charge in [-0.3, -0.25) is 5.10 Å². The summed E-state index contributed by atoms with van der Waals surface area (Å²) in [6, 6.07) is 7.66. The number of hydrogen-bond donors (Lipinski definition) is 1. The summed E-state index contributed by atoms with van der Waals surface area (Å²) in [6.07, 6.45) is 5.28. The molecule has 0 bridgehead atoms. The number of nitrogens with one attached hydrogen (secondary N) is 1. The maximum Gasteiger partial charge on any atom is 0.118 e. The molecule has 132 valence electrons. The zero-order valence-electron chi connectivity index (χ0n) is 15.2. The Morgan fingerprint density at radius 3 is 2.68 bits per heavy atom. The first kappa shape index (κ1) is 19.2. The molecule has 1 heterocycles. The van der Waals surface area contributed by atoms with E-state index < -0.39 is 0 Å². The van der Waals surface area contributed by atoms with E-state index in [-0.39, 0.29) is 11.2 Å². The van der Waals surface area contributed by atoms with Crippen molar-refractivity contribution in [1.29, 1.82) is 0 Å². The van der Waals surface area contributed by atoms with E-state index in [1.165, 1.54) is 12.2 Å². The van der Waals surface area contributed by atoms with Crippen LogP contribution in [0.1, 0.15) is 38.4 Å². The second-order valence-corrected chi connectivity index (χ2v) is 6.97. The molecule has 0 saturated carbocycles. The summed E-state index contributed by atoms with van der Waals surface area (Å²) in [5.74, 6) is -0.246. The molecular weight excluding hydrogens is 335 g/mol. The van der Waals surface area contributed by atoms with Gasteiger partial charge in [0, 0.05) is 16.7 Å². The predicted molar refractivity (Wildman–Crippen MR) is 105 cm³/mol. The number of aromatic amines is 1. The summed E-state index contributed by atoms with van der Waals surface area (Å²) in [6.45, 7) is 12.1. The molecule has 0 fully saturated rings. The SMILES string of the molecule is C=C(CC=C/C(F)=C\C)C(C)(C)c1[nH]nc(-c2ccccc2Cl)c1C. The fourth-order valence-corrected chi connectivity index (χ4v) is 2.99. The molecule has 0 unspecified atom stereocenters. The number of allylic oxidation sites excluding steroid dienone is 5. The summed E-state index contributed by atoms with van der Waals surface area (Å²) in [5.41, 5.74) is 4.44. The van der Waals surface area contributed by atoms with Crippen molar-refractivity contribution in [2.75, 3.05) is 0 Å². The van der Waals surface area contributed by atoms with Crippen molar-refractivity contribution in [3.8, 4) is 11.3 Å². The smallest absolute Gasteiger partial charge is 0.118 e. The summed E-state index contributed by atoms with van der Waals surface area (Å²) in [4.78, 5) is 0. The van der Waals surface area contributed by atoms with Crippen molar-refractivity contribution in [2.45, 2.75) is 39.5 Å². The second-order valence-electron chi connectivity index (χ2n) is 6.56. The van der Waals surface area contributed by atoms with Crippen LogP contribution in [0.25, 0.3) is 11.3 Å². The first-order chi connectivity index (χ1) is 11.8. The molecule has 0 amide bonds. The Morgan fingerprint density at radius 2 is 2.04 bits per heavy atom. The van der Waals surface area contributed by atoms with Crippen molar-refractivity contribution in [2.24, 2.45) is 0 Å². The topological polar surface area (TPSA) is 28.7 Å². The Morgan fingerprint density at radius 1 is 1.36 bits per heavy atom. The Kier molecular flexibility index (Phi) is 6.02. The number of rotatable bonds is 6. The Hall–Kier alpha value is -2.13. The maximum atomic E-state index is 13.2. The van der Waals surface area contributed by atoms with Gasteiger partial charge in [-0.05, 0) is 38.0 Å². The highest BCUT2D eigenvalue weighted by atomic mass is 35.5. The molecule has 0 radical (unpaired) electrons. The molecule has 0 aliphatic carbocycles. The van der Waals surface area contributed by atoms with Crippen LogP contribution in [0.2, 0.25) is 5.02 Å². The van der Waals surface area contributed by atoms with Gasteiger partial charge >= 0.3 is 0 Å². The fraction of sp³-hybridized carbons (Fsp3) is 0.286. The van der Waals surface area contributed by atoms with E-state index in [0.29, 0.717) is 11.4 Å². The predicted octanol–water partition coefficient (Wildman–Crippen LogP) is 6.69. The minimum atomic E-state index is -0.326. The van der Waals surface area contributed by atoms with Crippen LogP contribution in [0.15, 0.2) is 60.5 Å². The van der Waals surface area contributed by atoms with E-state index in [1.54, 1.807) is 13.0 Å². The van der Waals surface area contributed by atoms with Crippen LogP contribution in [-0.4, -0.2) is 10.2 Å². The summed E-state index contributed by atoms with van der Waals surface area (Å²) in [5, 5.41) is 8.30. The molecule has 0 aliphatic rings. The lowest BCUT2D eigenvalue weighted by Gasteiger charge is -2.26. The molecule has 1 aromatic heterocycles. The van der Waals surface area contributed by atoms with Crippen molar-refractivity contribution < 1.29 is 4.39 Å². The molecule has 2 aromatic rings. The van der Waals surface area contributed by atoms with Gasteiger partial charge in [-0.2, -0.15) is 5.10 Å². The molecule has 4 heteroatoms. The van der Waals surface area contributed by atoms with Gasteiger partial charge in [0.25, 0.3) is 0 Å². The van der Waals surface area contributed by atoms with Gasteiger partial charge < -0.3 is 0 Å². The number of hydrogen-bond acceptors (Lipinski definition) is 1. The van der Waals surface area contributed by atoms with E-state index in [4.69, 9.17) is 11.6 Å². The lowest BCUT2D eigenvalue weighted by atomic mass is 9.78. The van der Waals surface area contributed by atoms with Gasteiger partial charge in [0.05, 0.1) is 10.7 Å². The number of nitrogens with zero attached hydrogens (tertiary/aromatic N) is 1. The minimum Gasteiger partial charge on any atom is -0.281 e. The molecule has 25 heavy (non-hydrogen) atoms. The first-order valence-electron chi connectivity index (χ1n) is 8.26. The van der Waals surface area contributed by atoms with Gasteiger partial charge in [-0.25, -0.2) is 4.39 Å². The molecular formula is C21H24ClFN2. The average molecular weight is 359 g/mol. The molecule has 0 spiro atoms. The molecule has 1 N–H and O–H groups in total. The summed E-state index contributed by atoms with van der Waals surface area (Å²) < 4.78 is 13.2. The van der Waals surface area contributed by atoms with E-state index in [2.05, 4.69) is 30.6 Å². The lowest BCUT2D eigenvalue weighted by molar-refractivity contribution is 0.584. The van der Waals surface area contributed by atoms with Crippen molar-refractivity contribution in [1.82, 2.24) is 10.2 Å². The van der Waals surface area contributed by atoms with Crippen LogP contribution in [0.3, 0.4) is 0 Å². The Balaban J connectivity index is 2.30. The van der Waals surface area contributed by atoms with E-state index >= 15 is 0 Å². The maximum absolute atomic E-state index is 13.2. The molecule has 1 aromatic carbocycles. The number of benzene rings is 1. The molecule has 0 aliphatic heterocycles. The normalized spacial score (nSPS) is 12.8. The van der Waals surface area contributed by atoms with Crippen molar-refractivity contribution in [3.63, 3.8) is 0 Å². The van der Waals surface area contributed by atoms with Crippen molar-refractivity contribution in [3.05, 3.63) is 76.8 Å². The Labute approximate surface area is 154 Å². The number of aromatic nitrogens is 2. The van der Waals surface area contributed by atoms with Crippen LogP contribution in [0.4, 0.5) is 4.39 Å². The lowest BCUT2D eigenvalue weighted by Crippen LogP contribution is -2.21. The zero-order valence-corrected chi connectivity index (χ0v) is 15.9. The van der Waals surface area contributed by atoms with E-state index in [1.807, 2.05) is 31.2 Å². The molecule has 0 atom stereocenters. The van der Waals surface area contributed by atoms with Crippen LogP contribution < -0.4 is 0 Å². The quantitative estimate of drug-likeness (QED) is 0.452. The molecule has 0 saturated heterocycles. The van der Waals surface area contributed by atoms with Gasteiger partial charge in [0.2, 0.25) is 0 Å². The molecule has 2 rings (SSSR count). The second kappa shape index (κ2) is 7.83. The van der Waals surface area contributed by atoms with Crippen LogP contribution >= 0.6 is 11.6 Å². The third-order valence-electron chi connectivity index (χ3n) is 4.56. The number of H-pyrrole nitrogens is 1. The summed E-state index contributed by atoms with van der Waals surface area (Å²) in [7, 11) is 0. The van der Waals surface area contributed by atoms with Crippen LogP contribution in [0.5, 0.6) is 0 Å².